The molecule has 1 rings (SSSR count). The summed E-state index contributed by atoms with van der Waals surface area (Å²) in [5, 5.41) is 18.3. The van der Waals surface area contributed by atoms with Crippen molar-refractivity contribution in [3.63, 3.8) is 0 Å². The maximum absolute atomic E-state index is 11.3. The van der Waals surface area contributed by atoms with Crippen molar-refractivity contribution in [2.75, 3.05) is 6.61 Å². The fourth-order valence-electron chi connectivity index (χ4n) is 1.37. The molecular weight excluding hydrogens is 206 g/mol. The van der Waals surface area contributed by atoms with E-state index in [0.29, 0.717) is 23.3 Å². The lowest BCUT2D eigenvalue weighted by atomic mass is 10.0. The predicted octanol–water partition coefficient (Wildman–Crippen LogP) is 1.68. The molecule has 1 aromatic rings. The number of hydrogen-bond acceptors (Lipinski definition) is 4. The maximum atomic E-state index is 11.3. The Hall–Kier alpha value is -2.02. The number of phenolic OH excluding ortho intramolecular Hbond substituents is 1. The van der Waals surface area contributed by atoms with E-state index in [9.17, 15) is 9.90 Å². The van der Waals surface area contributed by atoms with Crippen LogP contribution in [-0.2, 0) is 16.0 Å². The van der Waals surface area contributed by atoms with Crippen molar-refractivity contribution < 1.29 is 14.6 Å². The highest BCUT2D eigenvalue weighted by Crippen LogP contribution is 2.21. The van der Waals surface area contributed by atoms with Crippen LogP contribution in [0, 0.1) is 18.3 Å². The first-order chi connectivity index (χ1) is 7.58. The second-order valence-electron chi connectivity index (χ2n) is 3.39. The van der Waals surface area contributed by atoms with Crippen molar-refractivity contribution in [2.45, 2.75) is 20.3 Å². The minimum absolute atomic E-state index is 0.0534. The van der Waals surface area contributed by atoms with E-state index in [-0.39, 0.29) is 18.1 Å². The smallest absolute Gasteiger partial charge is 0.310 e. The van der Waals surface area contributed by atoms with Gasteiger partial charge in [0.2, 0.25) is 0 Å². The van der Waals surface area contributed by atoms with Gasteiger partial charge in [0, 0.05) is 0 Å². The highest BCUT2D eigenvalue weighted by molar-refractivity contribution is 5.74. The number of aryl methyl sites for hydroxylation is 1. The van der Waals surface area contributed by atoms with Gasteiger partial charge in [-0.2, -0.15) is 5.26 Å². The Kier molecular flexibility index (Phi) is 3.90. The third kappa shape index (κ3) is 2.74. The molecule has 0 heterocycles. The van der Waals surface area contributed by atoms with Crippen LogP contribution in [0.4, 0.5) is 0 Å². The van der Waals surface area contributed by atoms with E-state index in [1.165, 1.54) is 6.07 Å². The van der Waals surface area contributed by atoms with Crippen molar-refractivity contribution in [3.8, 4) is 11.8 Å². The van der Waals surface area contributed by atoms with Gasteiger partial charge >= 0.3 is 5.97 Å². The summed E-state index contributed by atoms with van der Waals surface area (Å²) in [6, 6.07) is 4.94. The number of ether oxygens (including phenoxy) is 1. The zero-order valence-electron chi connectivity index (χ0n) is 9.28. The summed E-state index contributed by atoms with van der Waals surface area (Å²) in [6.07, 6.45) is 0.0534. The molecule has 1 N–H and O–H groups in total. The molecule has 84 valence electrons. The number of esters is 1. The maximum Gasteiger partial charge on any atom is 0.310 e. The summed E-state index contributed by atoms with van der Waals surface area (Å²) in [4.78, 5) is 11.3. The number of rotatable bonds is 3. The molecule has 0 fully saturated rings. The fraction of sp³-hybridized carbons (Fsp3) is 0.333. The Morgan fingerprint density at radius 3 is 2.81 bits per heavy atom. The van der Waals surface area contributed by atoms with Crippen molar-refractivity contribution in [1.82, 2.24) is 0 Å². The van der Waals surface area contributed by atoms with E-state index in [2.05, 4.69) is 0 Å². The number of aromatic hydroxyl groups is 1. The Morgan fingerprint density at radius 2 is 2.25 bits per heavy atom. The zero-order valence-corrected chi connectivity index (χ0v) is 9.28. The molecule has 0 spiro atoms. The Morgan fingerprint density at radius 1 is 1.56 bits per heavy atom. The van der Waals surface area contributed by atoms with Crippen molar-refractivity contribution in [2.24, 2.45) is 0 Å². The minimum Gasteiger partial charge on any atom is -0.508 e. The molecule has 0 aliphatic carbocycles. The highest BCUT2D eigenvalue weighted by atomic mass is 16.5. The van der Waals surface area contributed by atoms with Crippen molar-refractivity contribution in [1.29, 1.82) is 5.26 Å². The van der Waals surface area contributed by atoms with Crippen LogP contribution in [0.5, 0.6) is 5.75 Å². The highest BCUT2D eigenvalue weighted by Gasteiger charge is 2.11. The van der Waals surface area contributed by atoms with Crippen LogP contribution in [0.3, 0.4) is 0 Å². The van der Waals surface area contributed by atoms with E-state index >= 15 is 0 Å². The molecule has 4 heteroatoms. The van der Waals surface area contributed by atoms with Crippen molar-refractivity contribution in [3.05, 3.63) is 28.8 Å². The van der Waals surface area contributed by atoms with Crippen LogP contribution in [-0.4, -0.2) is 17.7 Å². The molecule has 0 radical (unpaired) electrons. The number of nitrogens with zero attached hydrogens (tertiary/aromatic N) is 1. The van der Waals surface area contributed by atoms with Gasteiger partial charge in [-0.1, -0.05) is 6.07 Å². The number of hydrogen-bond donors (Lipinski definition) is 1. The van der Waals surface area contributed by atoms with Gasteiger partial charge < -0.3 is 9.84 Å². The molecule has 1 aromatic carbocycles. The van der Waals surface area contributed by atoms with E-state index in [0.717, 1.165) is 0 Å². The molecule has 0 aliphatic heterocycles. The first-order valence-electron chi connectivity index (χ1n) is 4.96. The Balaban J connectivity index is 3.00. The normalized spacial score (nSPS) is 9.56. The second-order valence-corrected chi connectivity index (χ2v) is 3.39. The van der Waals surface area contributed by atoms with E-state index in [1.807, 2.05) is 6.07 Å². The topological polar surface area (TPSA) is 70.3 Å². The first-order valence-corrected chi connectivity index (χ1v) is 4.96. The monoisotopic (exact) mass is 219 g/mol. The van der Waals surface area contributed by atoms with E-state index in [1.54, 1.807) is 19.9 Å². The summed E-state index contributed by atoms with van der Waals surface area (Å²) in [5.41, 5.74) is 1.52. The molecule has 4 nitrogen and oxygen atoms in total. The standard InChI is InChI=1S/C12H13NO3/c1-3-16-12(15)6-9-4-8(2)11(14)5-10(9)7-13/h4-5,14H,3,6H2,1-2H3. The van der Waals surface area contributed by atoms with Gasteiger partial charge in [0.1, 0.15) is 5.75 Å². The fourth-order valence-corrected chi connectivity index (χ4v) is 1.37. The van der Waals surface area contributed by atoms with Crippen LogP contribution in [0.25, 0.3) is 0 Å². The summed E-state index contributed by atoms with van der Waals surface area (Å²) in [6.45, 7) is 3.76. The van der Waals surface area contributed by atoms with E-state index in [4.69, 9.17) is 10.00 Å². The molecule has 0 saturated carbocycles. The summed E-state index contributed by atoms with van der Waals surface area (Å²) in [5.74, 6) is -0.312. The number of carbonyl (C=O) groups is 1. The minimum atomic E-state index is -0.371. The SMILES string of the molecule is CCOC(=O)Cc1cc(C)c(O)cc1C#N. The molecular formula is C12H13NO3. The Labute approximate surface area is 94.1 Å². The van der Waals surface area contributed by atoms with Gasteiger partial charge in [0.25, 0.3) is 0 Å². The molecule has 0 aromatic heterocycles. The summed E-state index contributed by atoms with van der Waals surface area (Å²) < 4.78 is 4.80. The van der Waals surface area contributed by atoms with Gasteiger partial charge in [0.05, 0.1) is 24.7 Å². The number of benzene rings is 1. The number of carbonyl (C=O) groups excluding carboxylic acids is 1. The van der Waals surface area contributed by atoms with E-state index < -0.39 is 0 Å². The average Bonchev–Trinajstić information content (AvgIpc) is 2.23. The molecule has 0 bridgehead atoms. The van der Waals surface area contributed by atoms with Gasteiger partial charge in [-0.15, -0.1) is 0 Å². The van der Waals surface area contributed by atoms with Crippen LogP contribution in [0.1, 0.15) is 23.6 Å². The third-order valence-electron chi connectivity index (χ3n) is 2.18. The largest absolute Gasteiger partial charge is 0.508 e. The molecule has 0 amide bonds. The van der Waals surface area contributed by atoms with Gasteiger partial charge in [-0.25, -0.2) is 0 Å². The lowest BCUT2D eigenvalue weighted by molar-refractivity contribution is -0.142. The van der Waals surface area contributed by atoms with Crippen molar-refractivity contribution >= 4 is 5.97 Å². The number of nitriles is 1. The van der Waals surface area contributed by atoms with Gasteiger partial charge in [0.15, 0.2) is 0 Å². The number of phenols is 1. The van der Waals surface area contributed by atoms with Gasteiger partial charge in [-0.05, 0) is 31.0 Å². The van der Waals surface area contributed by atoms with Gasteiger partial charge in [-0.3, -0.25) is 4.79 Å². The summed E-state index contributed by atoms with van der Waals surface area (Å²) in [7, 11) is 0. The van der Waals surface area contributed by atoms with Crippen LogP contribution < -0.4 is 0 Å². The average molecular weight is 219 g/mol. The molecule has 16 heavy (non-hydrogen) atoms. The van der Waals surface area contributed by atoms with Crippen LogP contribution >= 0.6 is 0 Å². The van der Waals surface area contributed by atoms with Crippen LogP contribution in [0.15, 0.2) is 12.1 Å². The predicted molar refractivity (Wildman–Crippen MR) is 57.9 cm³/mol. The summed E-state index contributed by atoms with van der Waals surface area (Å²) >= 11 is 0. The molecule has 0 atom stereocenters. The Bertz CT molecular complexity index is 446. The zero-order chi connectivity index (χ0) is 12.1. The molecule has 0 unspecified atom stereocenters. The lowest BCUT2D eigenvalue weighted by Crippen LogP contribution is -2.08. The third-order valence-corrected chi connectivity index (χ3v) is 2.18. The lowest BCUT2D eigenvalue weighted by Gasteiger charge is -2.06. The molecule has 0 saturated heterocycles. The van der Waals surface area contributed by atoms with Crippen LogP contribution in [0.2, 0.25) is 0 Å². The molecule has 0 aliphatic rings. The first kappa shape index (κ1) is 12.1. The second kappa shape index (κ2) is 5.17. The quantitative estimate of drug-likeness (QED) is 0.785.